The molecule has 1 aromatic rings. The molecule has 0 spiro atoms. The van der Waals surface area contributed by atoms with Crippen molar-refractivity contribution in [1.29, 1.82) is 0 Å². The number of ether oxygens (including phenoxy) is 2. The maximum absolute atomic E-state index is 13.2. The number of alkyl carbamates (subject to hydrolysis) is 1. The molecule has 0 aromatic heterocycles. The van der Waals surface area contributed by atoms with Crippen LogP contribution in [0.4, 0.5) is 4.79 Å². The third kappa shape index (κ3) is 7.21. The lowest BCUT2D eigenvalue weighted by molar-refractivity contribution is -0.154. The Bertz CT molecular complexity index is 655. The summed E-state index contributed by atoms with van der Waals surface area (Å²) >= 11 is 0. The fraction of sp³-hybridized carbons (Fsp3) is 0.571. The van der Waals surface area contributed by atoms with Crippen LogP contribution >= 0.6 is 0 Å². The van der Waals surface area contributed by atoms with E-state index in [1.54, 1.807) is 27.7 Å². The van der Waals surface area contributed by atoms with E-state index in [1.807, 2.05) is 37.3 Å². The fourth-order valence-electron chi connectivity index (χ4n) is 2.76. The second-order valence-corrected chi connectivity index (χ2v) is 7.51. The van der Waals surface area contributed by atoms with E-state index < -0.39 is 29.7 Å². The highest BCUT2D eigenvalue weighted by atomic mass is 16.6. The molecular formula is C21H32N2O5. The zero-order valence-electron chi connectivity index (χ0n) is 17.7. The van der Waals surface area contributed by atoms with E-state index >= 15 is 0 Å². The Balaban J connectivity index is 3.09. The number of nitrogens with one attached hydrogen (secondary N) is 1. The lowest BCUT2D eigenvalue weighted by atomic mass is 10.1. The number of nitrogens with zero attached hydrogens (tertiary/aromatic N) is 1. The van der Waals surface area contributed by atoms with Gasteiger partial charge in [0.25, 0.3) is 0 Å². The van der Waals surface area contributed by atoms with Crippen LogP contribution in [0.1, 0.15) is 53.0 Å². The molecular weight excluding hydrogens is 360 g/mol. The monoisotopic (exact) mass is 392 g/mol. The number of carbonyl (C=O) groups excluding carboxylic acids is 3. The van der Waals surface area contributed by atoms with Crippen molar-refractivity contribution in [1.82, 2.24) is 10.2 Å². The van der Waals surface area contributed by atoms with Crippen molar-refractivity contribution in [2.75, 3.05) is 7.11 Å². The van der Waals surface area contributed by atoms with Crippen LogP contribution in [0.25, 0.3) is 0 Å². The summed E-state index contributed by atoms with van der Waals surface area (Å²) in [4.78, 5) is 39.1. The van der Waals surface area contributed by atoms with Gasteiger partial charge in [-0.2, -0.15) is 0 Å². The largest absolute Gasteiger partial charge is 0.467 e. The van der Waals surface area contributed by atoms with E-state index in [0.29, 0.717) is 12.8 Å². The van der Waals surface area contributed by atoms with Crippen LogP contribution in [-0.4, -0.2) is 47.7 Å². The van der Waals surface area contributed by atoms with Crippen LogP contribution in [0.5, 0.6) is 0 Å². The quantitative estimate of drug-likeness (QED) is 0.687. The molecule has 0 aliphatic rings. The Morgan fingerprint density at radius 1 is 1.07 bits per heavy atom. The zero-order chi connectivity index (χ0) is 21.3. The molecule has 1 rings (SSSR count). The van der Waals surface area contributed by atoms with Gasteiger partial charge in [-0.3, -0.25) is 4.79 Å². The van der Waals surface area contributed by atoms with Crippen molar-refractivity contribution in [2.24, 2.45) is 0 Å². The molecule has 1 N–H and O–H groups in total. The van der Waals surface area contributed by atoms with E-state index in [1.165, 1.54) is 12.0 Å². The molecule has 0 aliphatic heterocycles. The molecule has 0 unspecified atom stereocenters. The highest BCUT2D eigenvalue weighted by Gasteiger charge is 2.34. The first-order chi connectivity index (χ1) is 13.1. The molecule has 28 heavy (non-hydrogen) atoms. The summed E-state index contributed by atoms with van der Waals surface area (Å²) in [5.41, 5.74) is 0.206. The molecule has 7 nitrogen and oxygen atoms in total. The molecule has 2 amide bonds. The maximum Gasteiger partial charge on any atom is 0.408 e. The van der Waals surface area contributed by atoms with E-state index in [4.69, 9.17) is 9.47 Å². The number of benzene rings is 1. The minimum Gasteiger partial charge on any atom is -0.467 e. The Labute approximate surface area is 167 Å². The van der Waals surface area contributed by atoms with Crippen molar-refractivity contribution >= 4 is 18.0 Å². The first-order valence-corrected chi connectivity index (χ1v) is 9.54. The molecule has 1 aromatic carbocycles. The Morgan fingerprint density at radius 3 is 2.14 bits per heavy atom. The number of hydrogen-bond acceptors (Lipinski definition) is 5. The minimum atomic E-state index is -0.808. The lowest BCUT2D eigenvalue weighted by Crippen LogP contribution is -2.54. The zero-order valence-corrected chi connectivity index (χ0v) is 17.7. The van der Waals surface area contributed by atoms with Gasteiger partial charge in [0, 0.05) is 6.54 Å². The third-order valence-corrected chi connectivity index (χ3v) is 4.11. The van der Waals surface area contributed by atoms with Gasteiger partial charge in [0.1, 0.15) is 17.7 Å². The van der Waals surface area contributed by atoms with Crippen LogP contribution in [0.15, 0.2) is 30.3 Å². The highest BCUT2D eigenvalue weighted by molar-refractivity contribution is 5.89. The van der Waals surface area contributed by atoms with Gasteiger partial charge in [-0.1, -0.05) is 44.2 Å². The second kappa shape index (κ2) is 10.7. The number of amides is 2. The van der Waals surface area contributed by atoms with Crippen LogP contribution < -0.4 is 5.32 Å². The maximum atomic E-state index is 13.2. The summed E-state index contributed by atoms with van der Waals surface area (Å²) in [5.74, 6) is -0.839. The lowest BCUT2D eigenvalue weighted by Gasteiger charge is -2.33. The van der Waals surface area contributed by atoms with Crippen LogP contribution in [0.3, 0.4) is 0 Å². The van der Waals surface area contributed by atoms with Gasteiger partial charge in [0.2, 0.25) is 5.91 Å². The average molecular weight is 392 g/mol. The minimum absolute atomic E-state index is 0.236. The summed E-state index contributed by atoms with van der Waals surface area (Å²) in [5, 5.41) is 2.62. The SMILES string of the molecule is CC[C@@H](NC(=O)OC(C)(C)C)C(=O)N(Cc1ccccc1)[C@@H](CC)C(=O)OC. The Morgan fingerprint density at radius 2 is 1.68 bits per heavy atom. The summed E-state index contributed by atoms with van der Waals surface area (Å²) < 4.78 is 10.1. The highest BCUT2D eigenvalue weighted by Crippen LogP contribution is 2.16. The summed E-state index contributed by atoms with van der Waals surface area (Å²) in [7, 11) is 1.30. The van der Waals surface area contributed by atoms with Gasteiger partial charge in [0.15, 0.2) is 0 Å². The molecule has 0 saturated heterocycles. The summed E-state index contributed by atoms with van der Waals surface area (Å²) in [6.45, 7) is 9.10. The van der Waals surface area contributed by atoms with Crippen molar-refractivity contribution in [3.63, 3.8) is 0 Å². The second-order valence-electron chi connectivity index (χ2n) is 7.51. The van der Waals surface area contributed by atoms with E-state index in [-0.39, 0.29) is 12.5 Å². The third-order valence-electron chi connectivity index (χ3n) is 4.11. The predicted octanol–water partition coefficient (Wildman–Crippen LogP) is 3.27. The van der Waals surface area contributed by atoms with Crippen molar-refractivity contribution in [3.05, 3.63) is 35.9 Å². The normalized spacial score (nSPS) is 13.2. The van der Waals surface area contributed by atoms with Crippen molar-refractivity contribution < 1.29 is 23.9 Å². The van der Waals surface area contributed by atoms with E-state index in [0.717, 1.165) is 5.56 Å². The first kappa shape index (κ1) is 23.5. The summed E-state index contributed by atoms with van der Waals surface area (Å²) in [6.07, 6.45) is 0.0909. The fourth-order valence-corrected chi connectivity index (χ4v) is 2.76. The topological polar surface area (TPSA) is 84.9 Å². The first-order valence-electron chi connectivity index (χ1n) is 9.54. The molecule has 0 aliphatic carbocycles. The van der Waals surface area contributed by atoms with Crippen LogP contribution in [0, 0.1) is 0 Å². The Hall–Kier alpha value is -2.57. The summed E-state index contributed by atoms with van der Waals surface area (Å²) in [6, 6.07) is 7.83. The van der Waals surface area contributed by atoms with Gasteiger partial charge in [-0.25, -0.2) is 9.59 Å². The molecule has 156 valence electrons. The van der Waals surface area contributed by atoms with Crippen LogP contribution in [-0.2, 0) is 25.6 Å². The molecule has 0 fully saturated rings. The average Bonchev–Trinajstić information content (AvgIpc) is 2.64. The number of methoxy groups -OCH3 is 1. The number of rotatable bonds is 8. The van der Waals surface area contributed by atoms with E-state index in [9.17, 15) is 14.4 Å². The molecule has 0 heterocycles. The number of carbonyl (C=O) groups is 3. The number of hydrogen-bond donors (Lipinski definition) is 1. The molecule has 0 bridgehead atoms. The Kier molecular flexibility index (Phi) is 8.96. The number of esters is 1. The predicted molar refractivity (Wildman–Crippen MR) is 107 cm³/mol. The van der Waals surface area contributed by atoms with Gasteiger partial charge < -0.3 is 19.7 Å². The van der Waals surface area contributed by atoms with Gasteiger partial charge in [-0.15, -0.1) is 0 Å². The molecule has 2 atom stereocenters. The van der Waals surface area contributed by atoms with Gasteiger partial charge in [0.05, 0.1) is 7.11 Å². The molecule has 7 heteroatoms. The molecule has 0 saturated carbocycles. The van der Waals surface area contributed by atoms with Gasteiger partial charge >= 0.3 is 12.1 Å². The van der Waals surface area contributed by atoms with Crippen molar-refractivity contribution in [2.45, 2.75) is 71.7 Å². The smallest absolute Gasteiger partial charge is 0.408 e. The van der Waals surface area contributed by atoms with Gasteiger partial charge in [-0.05, 0) is 39.2 Å². The van der Waals surface area contributed by atoms with Crippen LogP contribution in [0.2, 0.25) is 0 Å². The standard InChI is InChI=1S/C21H32N2O5/c1-7-16(22-20(26)28-21(3,4)5)18(24)23(17(8-2)19(25)27-6)14-15-12-10-9-11-13-15/h9-13,16-17H,7-8,14H2,1-6H3,(H,22,26)/t16-,17+/m1/s1. The van der Waals surface area contributed by atoms with E-state index in [2.05, 4.69) is 5.32 Å². The van der Waals surface area contributed by atoms with Crippen molar-refractivity contribution in [3.8, 4) is 0 Å². The molecule has 0 radical (unpaired) electrons.